The Kier molecular flexibility index (Phi) is 12.7. The maximum absolute atomic E-state index is 13.7. The molecule has 0 saturated heterocycles. The van der Waals surface area contributed by atoms with Crippen molar-refractivity contribution in [1.82, 2.24) is 9.78 Å². The molecule has 1 aromatic heterocycles. The number of alkyl halides is 3. The maximum Gasteiger partial charge on any atom is 0.288 e. The van der Waals surface area contributed by atoms with Crippen LogP contribution in [0.1, 0.15) is 44.5 Å². The van der Waals surface area contributed by atoms with Gasteiger partial charge < -0.3 is 0 Å². The van der Waals surface area contributed by atoms with E-state index in [0.717, 1.165) is 29.3 Å². The molecule has 0 N–H and O–H groups in total. The first-order chi connectivity index (χ1) is 15.4. The molecular formula is C25H35F3N2O2S. The molecule has 4 nitrogen and oxygen atoms in total. The highest BCUT2D eigenvalue weighted by atomic mass is 32.2. The summed E-state index contributed by atoms with van der Waals surface area (Å²) in [4.78, 5) is 0. The number of hydrogen-bond donors (Lipinski definition) is 0. The number of sulfone groups is 1. The van der Waals surface area contributed by atoms with Crippen LogP contribution in [0.25, 0.3) is 16.9 Å². The Morgan fingerprint density at radius 1 is 0.909 bits per heavy atom. The summed E-state index contributed by atoms with van der Waals surface area (Å²) in [5.74, 6) is -2.73. The summed E-state index contributed by atoms with van der Waals surface area (Å²) in [5, 5.41) is 4.15. The van der Waals surface area contributed by atoms with E-state index in [1.54, 1.807) is 11.6 Å². The van der Waals surface area contributed by atoms with Crippen LogP contribution in [0.3, 0.4) is 0 Å². The lowest BCUT2D eigenvalue weighted by Crippen LogP contribution is -2.09. The van der Waals surface area contributed by atoms with E-state index in [1.165, 1.54) is 12.3 Å². The average molecular weight is 485 g/mol. The Labute approximate surface area is 196 Å². The zero-order valence-electron chi connectivity index (χ0n) is 20.7. The van der Waals surface area contributed by atoms with E-state index in [2.05, 4.69) is 5.10 Å². The highest BCUT2D eigenvalue weighted by Crippen LogP contribution is 2.32. The molecule has 3 aromatic rings. The standard InChI is InChI=1S/C19H18F2N2.C3H8O2S.C2H6.CH3F/c1-13-4-8-15(9-5-13)17-12-18(19(3,20)21)22-23(17)16-10-6-14(2)7-11-16;1-3-6(2,4)5;2*1-2/h4-12H,1-3H3;3H2,1-2H3;1-2H3;1H3. The SMILES string of the molecule is CC.CCS(C)(=O)=O.CF.Cc1ccc(-c2cc(C(C)(F)F)nn2-c2ccc(C)cc2)cc1. The zero-order chi connectivity index (χ0) is 25.8. The molecule has 33 heavy (non-hydrogen) atoms. The van der Waals surface area contributed by atoms with Crippen LogP contribution in [0.4, 0.5) is 13.2 Å². The fraction of sp³-hybridized carbons (Fsp3) is 0.400. The summed E-state index contributed by atoms with van der Waals surface area (Å²) in [5.41, 5.74) is 4.29. The summed E-state index contributed by atoms with van der Waals surface area (Å²) in [6.07, 6.45) is 1.22. The lowest BCUT2D eigenvalue weighted by Gasteiger charge is -2.08. The van der Waals surface area contributed by atoms with Crippen molar-refractivity contribution in [3.63, 3.8) is 0 Å². The Hall–Kier alpha value is -2.61. The van der Waals surface area contributed by atoms with Gasteiger partial charge in [0.2, 0.25) is 0 Å². The first-order valence-corrected chi connectivity index (χ1v) is 12.6. The first kappa shape index (κ1) is 30.4. The van der Waals surface area contributed by atoms with Gasteiger partial charge in [-0.2, -0.15) is 13.9 Å². The Morgan fingerprint density at radius 2 is 1.30 bits per heavy atom. The van der Waals surface area contributed by atoms with Gasteiger partial charge in [0, 0.05) is 24.5 Å². The molecule has 0 unspecified atom stereocenters. The van der Waals surface area contributed by atoms with Gasteiger partial charge in [0.25, 0.3) is 5.92 Å². The summed E-state index contributed by atoms with van der Waals surface area (Å²) in [6, 6.07) is 16.9. The second kappa shape index (κ2) is 13.8. The molecular weight excluding hydrogens is 449 g/mol. The minimum Gasteiger partial charge on any atom is -0.255 e. The Morgan fingerprint density at radius 3 is 1.67 bits per heavy atom. The molecule has 0 bridgehead atoms. The predicted octanol–water partition coefficient (Wildman–Crippen LogP) is 6.93. The molecule has 0 aliphatic carbocycles. The minimum atomic E-state index is -2.98. The highest BCUT2D eigenvalue weighted by molar-refractivity contribution is 7.90. The first-order valence-electron chi connectivity index (χ1n) is 10.6. The summed E-state index contributed by atoms with van der Waals surface area (Å²) in [7, 11) is -2.16. The molecule has 1 heterocycles. The smallest absolute Gasteiger partial charge is 0.255 e. The summed E-state index contributed by atoms with van der Waals surface area (Å²) >= 11 is 0. The van der Waals surface area contributed by atoms with Gasteiger partial charge in [-0.15, -0.1) is 0 Å². The quantitative estimate of drug-likeness (QED) is 0.403. The van der Waals surface area contributed by atoms with Gasteiger partial charge >= 0.3 is 0 Å². The second-order valence-electron chi connectivity index (χ2n) is 7.13. The van der Waals surface area contributed by atoms with Gasteiger partial charge in [0.1, 0.15) is 15.5 Å². The van der Waals surface area contributed by atoms with Gasteiger partial charge in [0.05, 0.1) is 18.6 Å². The van der Waals surface area contributed by atoms with Crippen molar-refractivity contribution >= 4 is 9.84 Å². The summed E-state index contributed by atoms with van der Waals surface area (Å²) in [6.45, 7) is 10.5. The van der Waals surface area contributed by atoms with Crippen LogP contribution in [0.2, 0.25) is 0 Å². The summed E-state index contributed by atoms with van der Waals surface area (Å²) < 4.78 is 58.5. The van der Waals surface area contributed by atoms with Crippen LogP contribution < -0.4 is 0 Å². The van der Waals surface area contributed by atoms with Crippen molar-refractivity contribution in [2.45, 2.75) is 47.5 Å². The van der Waals surface area contributed by atoms with Crippen molar-refractivity contribution < 1.29 is 21.6 Å². The molecule has 2 aromatic carbocycles. The van der Waals surface area contributed by atoms with Gasteiger partial charge in [-0.05, 0) is 32.0 Å². The number of hydrogen-bond acceptors (Lipinski definition) is 3. The number of benzene rings is 2. The van der Waals surface area contributed by atoms with Crippen molar-refractivity contribution in [3.05, 3.63) is 71.4 Å². The van der Waals surface area contributed by atoms with Crippen LogP contribution in [0, 0.1) is 13.8 Å². The molecule has 0 fully saturated rings. The van der Waals surface area contributed by atoms with E-state index >= 15 is 0 Å². The molecule has 0 radical (unpaired) electrons. The molecule has 0 aliphatic heterocycles. The van der Waals surface area contributed by atoms with Crippen molar-refractivity contribution in [1.29, 1.82) is 0 Å². The van der Waals surface area contributed by atoms with E-state index < -0.39 is 15.8 Å². The third-order valence-corrected chi connectivity index (χ3v) is 5.36. The fourth-order valence-corrected chi connectivity index (χ4v) is 2.41. The van der Waals surface area contributed by atoms with E-state index in [9.17, 15) is 21.6 Å². The largest absolute Gasteiger partial charge is 0.288 e. The van der Waals surface area contributed by atoms with Crippen LogP contribution in [-0.2, 0) is 15.8 Å². The maximum atomic E-state index is 13.7. The van der Waals surface area contributed by atoms with Gasteiger partial charge in [-0.25, -0.2) is 13.1 Å². The third kappa shape index (κ3) is 10.2. The van der Waals surface area contributed by atoms with E-state index in [0.29, 0.717) is 12.9 Å². The normalized spacial score (nSPS) is 10.6. The van der Waals surface area contributed by atoms with Crippen LogP contribution in [0.15, 0.2) is 54.6 Å². The molecule has 0 saturated carbocycles. The predicted molar refractivity (Wildman–Crippen MR) is 132 cm³/mol. The number of aryl methyl sites for hydroxylation is 2. The number of rotatable bonds is 4. The number of nitrogens with zero attached hydrogens (tertiary/aromatic N) is 2. The zero-order valence-corrected chi connectivity index (χ0v) is 21.5. The lowest BCUT2D eigenvalue weighted by atomic mass is 10.1. The monoisotopic (exact) mass is 484 g/mol. The molecule has 0 atom stereocenters. The lowest BCUT2D eigenvalue weighted by molar-refractivity contribution is 0.0124. The highest BCUT2D eigenvalue weighted by Gasteiger charge is 2.29. The molecule has 3 rings (SSSR count). The molecule has 0 aliphatic rings. The topological polar surface area (TPSA) is 52.0 Å². The Bertz CT molecular complexity index is 992. The molecule has 0 spiro atoms. The average Bonchev–Trinajstić information content (AvgIpc) is 3.24. The van der Waals surface area contributed by atoms with Crippen LogP contribution >= 0.6 is 0 Å². The van der Waals surface area contributed by atoms with Crippen LogP contribution in [0.5, 0.6) is 0 Å². The van der Waals surface area contributed by atoms with Gasteiger partial charge in [0.15, 0.2) is 0 Å². The Balaban J connectivity index is 0.000000880. The van der Waals surface area contributed by atoms with E-state index in [1.807, 2.05) is 76.2 Å². The van der Waals surface area contributed by atoms with Crippen LogP contribution in [-0.4, -0.2) is 37.4 Å². The molecule has 0 amide bonds. The van der Waals surface area contributed by atoms with Gasteiger partial charge in [-0.1, -0.05) is 68.3 Å². The minimum absolute atomic E-state index is 0.228. The second-order valence-corrected chi connectivity index (χ2v) is 9.56. The fourth-order valence-electron chi connectivity index (χ4n) is 2.41. The van der Waals surface area contributed by atoms with Crippen molar-refractivity contribution in [3.8, 4) is 16.9 Å². The van der Waals surface area contributed by atoms with Crippen molar-refractivity contribution in [2.75, 3.05) is 19.2 Å². The third-order valence-electron chi connectivity index (χ3n) is 4.31. The van der Waals surface area contributed by atoms with E-state index in [-0.39, 0.29) is 11.4 Å². The van der Waals surface area contributed by atoms with Gasteiger partial charge in [-0.3, -0.25) is 4.39 Å². The van der Waals surface area contributed by atoms with Crippen molar-refractivity contribution in [2.24, 2.45) is 0 Å². The van der Waals surface area contributed by atoms with E-state index in [4.69, 9.17) is 0 Å². The molecule has 8 heteroatoms. The molecule has 184 valence electrons. The number of halogens is 3. The number of aromatic nitrogens is 2.